The number of phosphoric acid groups is 1. The molecule has 0 aliphatic carbocycles. The molecule has 0 aromatic carbocycles. The van der Waals surface area contributed by atoms with Crippen LogP contribution < -0.4 is 16.4 Å². The third-order valence-corrected chi connectivity index (χ3v) is 5.38. The van der Waals surface area contributed by atoms with Crippen molar-refractivity contribution < 1.29 is 33.6 Å². The van der Waals surface area contributed by atoms with Crippen molar-refractivity contribution in [2.75, 3.05) is 39.3 Å². The summed E-state index contributed by atoms with van der Waals surface area (Å²) in [5.74, 6) is 0. The van der Waals surface area contributed by atoms with Gasteiger partial charge in [-0.3, -0.25) is 0 Å². The van der Waals surface area contributed by atoms with Gasteiger partial charge < -0.3 is 0 Å². The number of azide groups is 3. The van der Waals surface area contributed by atoms with Gasteiger partial charge in [-0.1, -0.05) is 53.9 Å². The zero-order chi connectivity index (χ0) is 27.8. The lowest BCUT2D eigenvalue weighted by Gasteiger charge is -2.14. The largest absolute Gasteiger partial charge is 0.561 e. The molecule has 38 heavy (non-hydrogen) atoms. The molecule has 0 aromatic heterocycles. The van der Waals surface area contributed by atoms with Gasteiger partial charge in [0.1, 0.15) is 0 Å². The first-order chi connectivity index (χ1) is 18.7. The number of nitrogens with zero attached hydrogens (tertiary/aromatic N) is 9. The molecule has 0 saturated carbocycles. The van der Waals surface area contributed by atoms with E-state index in [4.69, 9.17) is 31.6 Å². The lowest BCUT2D eigenvalue weighted by Crippen LogP contribution is -2.21. The summed E-state index contributed by atoms with van der Waals surface area (Å²) in [5.41, 5.74) is 32.1. The second-order valence-electron chi connectivity index (χ2n) is 7.71. The first-order valence-corrected chi connectivity index (χ1v) is 14.0. The molecule has 0 heterocycles. The van der Waals surface area contributed by atoms with Gasteiger partial charge in [-0.05, 0) is 55.1 Å². The molecule has 20 heteroatoms. The van der Waals surface area contributed by atoms with Crippen molar-refractivity contribution in [2.45, 2.75) is 77.0 Å². The Bertz CT molecular complexity index is 654. The molecule has 0 aromatic rings. The zero-order valence-corrected chi connectivity index (χ0v) is 22.5. The minimum Gasteiger partial charge on any atom is -0.220 e. The monoisotopic (exact) mass is 566 g/mol. The Hall–Kier alpha value is -2.20. The van der Waals surface area contributed by atoms with E-state index in [1.807, 2.05) is 0 Å². The summed E-state index contributed by atoms with van der Waals surface area (Å²) in [4.78, 5) is 22.2. The smallest absolute Gasteiger partial charge is 0.220 e. The van der Waals surface area contributed by atoms with Crippen LogP contribution in [0.15, 0.2) is 15.3 Å². The van der Waals surface area contributed by atoms with Gasteiger partial charge in [-0.15, -0.1) is 29.0 Å². The Labute approximate surface area is 221 Å². The van der Waals surface area contributed by atoms with E-state index in [0.29, 0.717) is 39.3 Å². The van der Waals surface area contributed by atoms with Crippen LogP contribution in [0.3, 0.4) is 0 Å². The van der Waals surface area contributed by atoms with E-state index in [1.54, 1.807) is 0 Å². The van der Waals surface area contributed by atoms with Crippen molar-refractivity contribution in [3.63, 3.8) is 0 Å². The highest BCUT2D eigenvalue weighted by Crippen LogP contribution is 2.49. The normalized spacial score (nSPS) is 12.2. The third kappa shape index (κ3) is 26.9. The Kier molecular flexibility index (Phi) is 27.7. The van der Waals surface area contributed by atoms with E-state index in [9.17, 15) is 4.57 Å². The summed E-state index contributed by atoms with van der Waals surface area (Å²) >= 11 is 0. The van der Waals surface area contributed by atoms with Gasteiger partial charge >= 0.3 is 7.82 Å². The highest BCUT2D eigenvalue weighted by molar-refractivity contribution is 7.48. The van der Waals surface area contributed by atoms with Crippen LogP contribution in [0.1, 0.15) is 77.0 Å². The maximum Gasteiger partial charge on any atom is 0.561 e. The molecule has 0 spiro atoms. The van der Waals surface area contributed by atoms with Crippen LogP contribution in [-0.4, -0.2) is 39.3 Å². The molecule has 0 atom stereocenters. The van der Waals surface area contributed by atoms with Gasteiger partial charge in [0.05, 0.1) is 0 Å². The molecular formula is C18H39N12O7P. The van der Waals surface area contributed by atoms with Crippen LogP contribution in [-0.2, 0) is 33.6 Å². The number of hydroxylamine groups is 3. The average molecular weight is 567 g/mol. The van der Waals surface area contributed by atoms with Gasteiger partial charge in [0.15, 0.2) is 0 Å². The van der Waals surface area contributed by atoms with Gasteiger partial charge in [-0.2, -0.15) is 16.4 Å². The van der Waals surface area contributed by atoms with Crippen LogP contribution in [0.2, 0.25) is 0 Å². The molecule has 0 fully saturated rings. The van der Waals surface area contributed by atoms with E-state index in [-0.39, 0.29) is 0 Å². The maximum absolute atomic E-state index is 12.6. The molecule has 0 saturated heterocycles. The number of unbranched alkanes of at least 4 members (excludes halogenated alkanes) is 9. The van der Waals surface area contributed by atoms with Crippen molar-refractivity contribution >= 4 is 7.82 Å². The molecule has 0 aliphatic rings. The maximum atomic E-state index is 12.6. The predicted molar refractivity (Wildman–Crippen MR) is 136 cm³/mol. The summed E-state index contributed by atoms with van der Waals surface area (Å²) in [6, 6.07) is 0. The number of nitrogens with one attached hydrogen (secondary N) is 3. The minimum atomic E-state index is -4.43. The molecule has 0 amide bonds. The first-order valence-electron chi connectivity index (χ1n) is 12.6. The summed E-state index contributed by atoms with van der Waals surface area (Å²) < 4.78 is 26.7. The minimum absolute atomic E-state index is 0.388. The fourth-order valence-corrected chi connectivity index (χ4v) is 3.22. The van der Waals surface area contributed by atoms with E-state index in [0.717, 1.165) is 77.0 Å². The molecule has 0 unspecified atom stereocenters. The molecular weight excluding hydrogens is 527 g/mol. The van der Waals surface area contributed by atoms with E-state index in [2.05, 4.69) is 60.5 Å². The predicted octanol–water partition coefficient (Wildman–Crippen LogP) is 6.07. The molecule has 0 aliphatic heterocycles. The summed E-state index contributed by atoms with van der Waals surface area (Å²) in [7, 11) is -4.43. The molecule has 0 bridgehead atoms. The van der Waals surface area contributed by atoms with E-state index >= 15 is 0 Å². The number of rotatable bonds is 30. The SMILES string of the molecule is [N-]=[N+]=NCCCCCCNOOP(=O)(OONCCCCCCN=[N+]=[N-])OONCCCCCCN=[N+]=[N-]. The van der Waals surface area contributed by atoms with E-state index < -0.39 is 7.82 Å². The lowest BCUT2D eigenvalue weighted by molar-refractivity contribution is -0.365. The van der Waals surface area contributed by atoms with Gasteiger partial charge in [0, 0.05) is 54.0 Å². The van der Waals surface area contributed by atoms with Gasteiger partial charge in [-0.25, -0.2) is 4.57 Å². The Morgan fingerprint density at radius 1 is 0.500 bits per heavy atom. The zero-order valence-electron chi connectivity index (χ0n) is 21.6. The van der Waals surface area contributed by atoms with Crippen molar-refractivity contribution in [2.24, 2.45) is 15.3 Å². The van der Waals surface area contributed by atoms with Gasteiger partial charge in [0.2, 0.25) is 0 Å². The molecule has 3 N–H and O–H groups in total. The van der Waals surface area contributed by atoms with Crippen LogP contribution >= 0.6 is 7.82 Å². The van der Waals surface area contributed by atoms with Crippen molar-refractivity contribution in [3.8, 4) is 0 Å². The highest BCUT2D eigenvalue weighted by Gasteiger charge is 2.33. The Morgan fingerprint density at radius 3 is 1.08 bits per heavy atom. The van der Waals surface area contributed by atoms with Crippen LogP contribution in [0.4, 0.5) is 0 Å². The Morgan fingerprint density at radius 2 is 0.789 bits per heavy atom. The lowest BCUT2D eigenvalue weighted by atomic mass is 10.2. The first kappa shape index (κ1) is 35.8. The second kappa shape index (κ2) is 29.4. The summed E-state index contributed by atoms with van der Waals surface area (Å²) in [6.45, 7) is 2.53. The number of hydrogen-bond acceptors (Lipinski definition) is 13. The quantitative estimate of drug-likeness (QED) is 0.0172. The number of hydrogen-bond donors (Lipinski definition) is 3. The molecule has 218 valence electrons. The van der Waals surface area contributed by atoms with Crippen LogP contribution in [0, 0.1) is 0 Å². The second-order valence-corrected chi connectivity index (χ2v) is 9.05. The summed E-state index contributed by atoms with van der Waals surface area (Å²) in [6.07, 6.45) is 9.79. The molecule has 0 radical (unpaired) electrons. The Balaban J connectivity index is 4.14. The fraction of sp³-hybridized carbons (Fsp3) is 1.00. The highest BCUT2D eigenvalue weighted by atomic mass is 31.2. The van der Waals surface area contributed by atoms with Crippen molar-refractivity contribution in [3.05, 3.63) is 31.3 Å². The average Bonchev–Trinajstić information content (AvgIpc) is 2.92. The van der Waals surface area contributed by atoms with Gasteiger partial charge in [0.25, 0.3) is 0 Å². The van der Waals surface area contributed by atoms with Crippen molar-refractivity contribution in [1.82, 2.24) is 16.4 Å². The van der Waals surface area contributed by atoms with Crippen LogP contribution in [0.25, 0.3) is 31.3 Å². The topological polar surface area (TPSA) is 255 Å². The molecule has 0 rings (SSSR count). The summed E-state index contributed by atoms with van der Waals surface area (Å²) in [5, 5.41) is 10.4. The van der Waals surface area contributed by atoms with Crippen molar-refractivity contribution in [1.29, 1.82) is 0 Å². The van der Waals surface area contributed by atoms with E-state index in [1.165, 1.54) is 0 Å². The molecule has 19 nitrogen and oxygen atoms in total. The van der Waals surface area contributed by atoms with Crippen LogP contribution in [0.5, 0.6) is 0 Å². The fourth-order valence-electron chi connectivity index (χ4n) is 2.71. The standard InChI is InChI=1S/C18H39N12O7P/c19-28-22-13-7-1-4-10-16-25-32-35-38(31,36-33-26-17-11-5-2-8-14-23-29-20)37-34-27-18-12-6-3-9-15-24-30-21/h25-27H,1-18H2. The third-order valence-electron chi connectivity index (χ3n) is 4.61.